The number of carbonyl (C=O) groups excluding carboxylic acids is 1. The lowest BCUT2D eigenvalue weighted by molar-refractivity contribution is -0.122. The zero-order valence-electron chi connectivity index (χ0n) is 13.8. The number of para-hydroxylation sites is 2. The zero-order chi connectivity index (χ0) is 17.8. The summed E-state index contributed by atoms with van der Waals surface area (Å²) in [4.78, 5) is 20.8. The van der Waals surface area contributed by atoms with Crippen molar-refractivity contribution in [1.29, 1.82) is 5.26 Å². The summed E-state index contributed by atoms with van der Waals surface area (Å²) in [5.74, 6) is 0.526. The summed E-state index contributed by atoms with van der Waals surface area (Å²) in [6.07, 6.45) is 1.44. The molecule has 0 radical (unpaired) electrons. The van der Waals surface area contributed by atoms with Gasteiger partial charge in [0.1, 0.15) is 29.0 Å². The molecule has 0 fully saturated rings. The molecule has 25 heavy (non-hydrogen) atoms. The highest BCUT2D eigenvalue weighted by molar-refractivity contribution is 7.10. The van der Waals surface area contributed by atoms with Crippen LogP contribution in [-0.2, 0) is 11.3 Å². The number of hydrazine groups is 1. The Morgan fingerprint density at radius 1 is 1.36 bits per heavy atom. The monoisotopic (exact) mass is 352 g/mol. The van der Waals surface area contributed by atoms with E-state index in [1.54, 1.807) is 0 Å². The van der Waals surface area contributed by atoms with E-state index < -0.39 is 0 Å². The Bertz CT molecular complexity index is 994. The summed E-state index contributed by atoms with van der Waals surface area (Å²) in [6, 6.07) is 9.72. The second-order valence-corrected chi connectivity index (χ2v) is 6.25. The maximum Gasteiger partial charge on any atom is 0.258 e. The third kappa shape index (κ3) is 3.67. The number of nitrogens with one attached hydrogen (secondary N) is 2. The number of benzene rings is 1. The predicted octanol–water partition coefficient (Wildman–Crippen LogP) is 2.30. The van der Waals surface area contributed by atoms with Gasteiger partial charge in [0.15, 0.2) is 0 Å². The number of amides is 1. The minimum Gasteiger partial charge on any atom is -0.319 e. The third-order valence-corrected chi connectivity index (χ3v) is 4.54. The molecule has 0 saturated carbocycles. The highest BCUT2D eigenvalue weighted by Crippen LogP contribution is 2.17. The number of rotatable bonds is 5. The molecule has 0 spiro atoms. The Morgan fingerprint density at radius 3 is 2.88 bits per heavy atom. The second-order valence-electron chi connectivity index (χ2n) is 5.39. The van der Waals surface area contributed by atoms with Crippen LogP contribution in [0.25, 0.3) is 16.6 Å². The number of aromatic nitrogens is 3. The molecule has 3 aromatic rings. The lowest BCUT2D eigenvalue weighted by atomic mass is 10.3. The van der Waals surface area contributed by atoms with Crippen LogP contribution < -0.4 is 10.9 Å². The second kappa shape index (κ2) is 7.15. The Labute approximate surface area is 148 Å². The molecule has 0 aliphatic heterocycles. The number of hydrogen-bond acceptors (Lipinski definition) is 6. The number of imidazole rings is 1. The van der Waals surface area contributed by atoms with Gasteiger partial charge in [-0.2, -0.15) is 5.26 Å². The average molecular weight is 352 g/mol. The average Bonchev–Trinajstić information content (AvgIpc) is 3.16. The van der Waals surface area contributed by atoms with Crippen molar-refractivity contribution in [2.45, 2.75) is 20.4 Å². The van der Waals surface area contributed by atoms with Crippen LogP contribution in [0.5, 0.6) is 0 Å². The molecular weight excluding hydrogens is 336 g/mol. The molecule has 8 heteroatoms. The zero-order valence-corrected chi connectivity index (χ0v) is 14.6. The van der Waals surface area contributed by atoms with Crippen LogP contribution in [0, 0.1) is 25.2 Å². The molecule has 0 unspecified atom stereocenters. The normalized spacial score (nSPS) is 11.3. The summed E-state index contributed by atoms with van der Waals surface area (Å²) >= 11 is 1.38. The number of thiazole rings is 1. The van der Waals surface area contributed by atoms with E-state index in [2.05, 4.69) is 26.9 Å². The maximum absolute atomic E-state index is 12.2. The molecule has 2 aromatic heterocycles. The third-order valence-electron chi connectivity index (χ3n) is 3.55. The van der Waals surface area contributed by atoms with Crippen LogP contribution in [0.3, 0.4) is 0 Å². The number of carbonyl (C=O) groups is 1. The van der Waals surface area contributed by atoms with Crippen molar-refractivity contribution < 1.29 is 4.79 Å². The van der Waals surface area contributed by atoms with Gasteiger partial charge in [0.05, 0.1) is 11.0 Å². The quantitative estimate of drug-likeness (QED) is 0.543. The van der Waals surface area contributed by atoms with E-state index in [4.69, 9.17) is 0 Å². The summed E-state index contributed by atoms with van der Waals surface area (Å²) in [6.45, 7) is 3.85. The van der Waals surface area contributed by atoms with Crippen LogP contribution in [0.4, 0.5) is 0 Å². The molecule has 0 bridgehead atoms. The van der Waals surface area contributed by atoms with E-state index in [1.807, 2.05) is 48.1 Å². The molecule has 0 aliphatic carbocycles. The first-order chi connectivity index (χ1) is 12.1. The number of hydrogen-bond donors (Lipinski definition) is 2. The molecule has 2 N–H and O–H groups in total. The van der Waals surface area contributed by atoms with E-state index in [0.29, 0.717) is 10.6 Å². The lowest BCUT2D eigenvalue weighted by Gasteiger charge is -2.08. The highest BCUT2D eigenvalue weighted by atomic mass is 32.1. The van der Waals surface area contributed by atoms with E-state index in [-0.39, 0.29) is 12.5 Å². The first-order valence-corrected chi connectivity index (χ1v) is 8.45. The summed E-state index contributed by atoms with van der Waals surface area (Å²) in [5.41, 5.74) is 8.21. The van der Waals surface area contributed by atoms with Crippen molar-refractivity contribution in [2.24, 2.45) is 0 Å². The molecule has 126 valence electrons. The first kappa shape index (κ1) is 16.7. The standard InChI is InChI=1S/C17H16N6OS/c1-11-10-25-17(20-11)13(7-18)8-19-22-16(24)9-23-12(2)21-14-5-3-4-6-15(14)23/h3-6,8,10,19H,9H2,1-2H3,(H,22,24)/b13-8+. The Kier molecular flexibility index (Phi) is 4.77. The van der Waals surface area contributed by atoms with Crippen molar-refractivity contribution in [3.05, 3.63) is 52.4 Å². The fraction of sp³-hybridized carbons (Fsp3) is 0.176. The van der Waals surface area contributed by atoms with E-state index in [0.717, 1.165) is 22.6 Å². The van der Waals surface area contributed by atoms with Crippen molar-refractivity contribution in [2.75, 3.05) is 0 Å². The molecule has 3 rings (SSSR count). The summed E-state index contributed by atoms with van der Waals surface area (Å²) < 4.78 is 1.84. The van der Waals surface area contributed by atoms with Gasteiger partial charge in [0, 0.05) is 17.3 Å². The van der Waals surface area contributed by atoms with Crippen molar-refractivity contribution >= 4 is 33.9 Å². The number of allylic oxidation sites excluding steroid dienone is 1. The van der Waals surface area contributed by atoms with Crippen LogP contribution in [-0.4, -0.2) is 20.4 Å². The molecule has 0 saturated heterocycles. The highest BCUT2D eigenvalue weighted by Gasteiger charge is 2.10. The molecule has 1 amide bonds. The molecule has 0 aliphatic rings. The van der Waals surface area contributed by atoms with Crippen molar-refractivity contribution in [1.82, 2.24) is 25.4 Å². The SMILES string of the molecule is Cc1csc(/C(C#N)=C/NNC(=O)Cn2c(C)nc3ccccc32)n1. The molecule has 2 heterocycles. The fourth-order valence-electron chi connectivity index (χ4n) is 2.39. The van der Waals surface area contributed by atoms with E-state index >= 15 is 0 Å². The topological polar surface area (TPSA) is 95.6 Å². The fourth-order valence-corrected chi connectivity index (χ4v) is 3.15. The molecule has 7 nitrogen and oxygen atoms in total. The van der Waals surface area contributed by atoms with Gasteiger partial charge in [-0.1, -0.05) is 12.1 Å². The van der Waals surface area contributed by atoms with Gasteiger partial charge in [-0.3, -0.25) is 10.2 Å². The Morgan fingerprint density at radius 2 is 2.16 bits per heavy atom. The van der Waals surface area contributed by atoms with Gasteiger partial charge in [0.25, 0.3) is 5.91 Å². The van der Waals surface area contributed by atoms with E-state index in [1.165, 1.54) is 17.5 Å². The molecule has 1 aromatic carbocycles. The largest absolute Gasteiger partial charge is 0.319 e. The minimum atomic E-state index is -0.241. The Hall–Kier alpha value is -3.18. The van der Waals surface area contributed by atoms with Gasteiger partial charge in [-0.05, 0) is 26.0 Å². The number of fused-ring (bicyclic) bond motifs is 1. The number of nitriles is 1. The number of aryl methyl sites for hydroxylation is 2. The lowest BCUT2D eigenvalue weighted by Crippen LogP contribution is -2.36. The Balaban J connectivity index is 1.66. The number of nitrogens with zero attached hydrogens (tertiary/aromatic N) is 4. The summed E-state index contributed by atoms with van der Waals surface area (Å²) in [7, 11) is 0. The van der Waals surface area contributed by atoms with Gasteiger partial charge in [-0.15, -0.1) is 11.3 Å². The first-order valence-electron chi connectivity index (χ1n) is 7.57. The van der Waals surface area contributed by atoms with Crippen LogP contribution in [0.15, 0.2) is 35.8 Å². The smallest absolute Gasteiger partial charge is 0.258 e. The van der Waals surface area contributed by atoms with Crippen molar-refractivity contribution in [3.8, 4) is 6.07 Å². The van der Waals surface area contributed by atoms with Crippen molar-refractivity contribution in [3.63, 3.8) is 0 Å². The van der Waals surface area contributed by atoms with Gasteiger partial charge >= 0.3 is 0 Å². The molecule has 0 atom stereocenters. The minimum absolute atomic E-state index is 0.130. The van der Waals surface area contributed by atoms with Crippen LogP contribution in [0.1, 0.15) is 16.5 Å². The van der Waals surface area contributed by atoms with Crippen LogP contribution in [0.2, 0.25) is 0 Å². The molecular formula is C17H16N6OS. The maximum atomic E-state index is 12.2. The van der Waals surface area contributed by atoms with Gasteiger partial charge in [-0.25, -0.2) is 9.97 Å². The summed E-state index contributed by atoms with van der Waals surface area (Å²) in [5, 5.41) is 11.7. The van der Waals surface area contributed by atoms with Gasteiger partial charge < -0.3 is 9.99 Å². The predicted molar refractivity (Wildman–Crippen MR) is 96.2 cm³/mol. The van der Waals surface area contributed by atoms with E-state index in [9.17, 15) is 10.1 Å². The van der Waals surface area contributed by atoms with Gasteiger partial charge in [0.2, 0.25) is 0 Å². The van der Waals surface area contributed by atoms with Crippen LogP contribution >= 0.6 is 11.3 Å².